The Bertz CT molecular complexity index is 1540. The lowest BCUT2D eigenvalue weighted by Crippen LogP contribution is -1.98. The van der Waals surface area contributed by atoms with Crippen molar-refractivity contribution in [2.45, 2.75) is 13.0 Å². The second-order valence-electron chi connectivity index (χ2n) is 8.17. The molecular weight excluding hydrogens is 424 g/mol. The van der Waals surface area contributed by atoms with Gasteiger partial charge in [0, 0.05) is 35.6 Å². The van der Waals surface area contributed by atoms with E-state index < -0.39 is 0 Å². The Hall–Kier alpha value is -4.52. The Morgan fingerprint density at radius 1 is 1.03 bits per heavy atom. The van der Waals surface area contributed by atoms with Crippen molar-refractivity contribution in [1.82, 2.24) is 9.55 Å². The monoisotopic (exact) mass is 448 g/mol. The summed E-state index contributed by atoms with van der Waals surface area (Å²) in [6.45, 7) is 0.409. The number of aromatic nitrogens is 2. The molecule has 5 rings (SSSR count). The summed E-state index contributed by atoms with van der Waals surface area (Å²) in [5, 5.41) is 17.1. The van der Waals surface area contributed by atoms with Crippen LogP contribution in [-0.4, -0.2) is 15.4 Å². The molecule has 2 heterocycles. The molecule has 0 fully saturated rings. The number of rotatable bonds is 6. The zero-order chi connectivity index (χ0) is 23.5. The largest absolute Gasteiger partial charge is 0.487 e. The molecular formula is C27H24N6O. The summed E-state index contributed by atoms with van der Waals surface area (Å²) in [6.07, 6.45) is 2.87. The minimum Gasteiger partial charge on any atom is -0.487 e. The van der Waals surface area contributed by atoms with Crippen molar-refractivity contribution in [3.63, 3.8) is 0 Å². The van der Waals surface area contributed by atoms with Crippen LogP contribution in [0.4, 0.5) is 0 Å². The normalized spacial score (nSPS) is 11.4. The molecule has 7 heteroatoms. The van der Waals surface area contributed by atoms with E-state index in [9.17, 15) is 0 Å². The molecule has 0 radical (unpaired) electrons. The predicted octanol–water partition coefficient (Wildman–Crippen LogP) is 5.55. The number of nitrogens with zero attached hydrogens (tertiary/aromatic N) is 4. The van der Waals surface area contributed by atoms with Crippen LogP contribution >= 0.6 is 0 Å². The Morgan fingerprint density at radius 2 is 1.91 bits per heavy atom. The maximum absolute atomic E-state index is 7.94. The summed E-state index contributed by atoms with van der Waals surface area (Å²) in [6, 6.07) is 26.1. The molecule has 0 aliphatic rings. The first-order valence-electron chi connectivity index (χ1n) is 10.9. The van der Waals surface area contributed by atoms with Crippen LogP contribution in [0.15, 0.2) is 95.4 Å². The molecule has 3 N–H and O–H groups in total. The Balaban J connectivity index is 1.35. The van der Waals surface area contributed by atoms with E-state index in [-0.39, 0.29) is 5.84 Å². The van der Waals surface area contributed by atoms with Crippen molar-refractivity contribution in [3.8, 4) is 5.75 Å². The van der Waals surface area contributed by atoms with Gasteiger partial charge >= 0.3 is 0 Å². The van der Waals surface area contributed by atoms with Crippen LogP contribution < -0.4 is 10.6 Å². The Kier molecular flexibility index (Phi) is 5.74. The number of ether oxygens (including phenoxy) is 1. The van der Waals surface area contributed by atoms with Gasteiger partial charge in [0.15, 0.2) is 5.84 Å². The molecule has 0 spiro atoms. The number of nitrogens with one attached hydrogen (secondary N) is 1. The SMILES string of the molecule is Cn1cc(Cc2cccc(C(=N)N=NN)c2)c2ccc(OCc3ccc4ccccc4n3)cc21. The van der Waals surface area contributed by atoms with Gasteiger partial charge in [0.1, 0.15) is 12.4 Å². The topological polar surface area (TPSA) is 102 Å². The Morgan fingerprint density at radius 3 is 2.79 bits per heavy atom. The van der Waals surface area contributed by atoms with Crippen molar-refractivity contribution in [1.29, 1.82) is 5.41 Å². The average molecular weight is 449 g/mol. The second-order valence-corrected chi connectivity index (χ2v) is 8.17. The number of hydrogen-bond donors (Lipinski definition) is 2. The number of aryl methyl sites for hydroxylation is 1. The van der Waals surface area contributed by atoms with E-state index in [1.165, 1.54) is 10.9 Å². The highest BCUT2D eigenvalue weighted by molar-refractivity contribution is 5.96. The van der Waals surface area contributed by atoms with Gasteiger partial charge in [0.2, 0.25) is 0 Å². The van der Waals surface area contributed by atoms with Crippen LogP contribution in [0.2, 0.25) is 0 Å². The van der Waals surface area contributed by atoms with Gasteiger partial charge < -0.3 is 15.1 Å². The summed E-state index contributed by atoms with van der Waals surface area (Å²) in [4.78, 5) is 4.69. The molecule has 0 bridgehead atoms. The lowest BCUT2D eigenvalue weighted by Gasteiger charge is -2.08. The van der Waals surface area contributed by atoms with Crippen molar-refractivity contribution in [2.24, 2.45) is 23.2 Å². The fraction of sp³-hybridized carbons (Fsp3) is 0.111. The molecule has 2 aromatic heterocycles. The smallest absolute Gasteiger partial charge is 0.176 e. The van der Waals surface area contributed by atoms with Crippen molar-refractivity contribution >= 4 is 27.6 Å². The van der Waals surface area contributed by atoms with Gasteiger partial charge in [-0.05, 0) is 47.9 Å². The molecule has 0 aliphatic carbocycles. The number of amidine groups is 1. The van der Waals surface area contributed by atoms with Crippen molar-refractivity contribution in [2.75, 3.05) is 0 Å². The summed E-state index contributed by atoms with van der Waals surface area (Å²) in [5.41, 5.74) is 5.93. The summed E-state index contributed by atoms with van der Waals surface area (Å²) in [5.74, 6) is 5.93. The minimum atomic E-state index is 0.0463. The quantitative estimate of drug-likeness (QED) is 0.117. The van der Waals surface area contributed by atoms with Crippen LogP contribution in [0.25, 0.3) is 21.8 Å². The molecule has 5 aromatic rings. The van der Waals surface area contributed by atoms with E-state index in [2.05, 4.69) is 50.4 Å². The van der Waals surface area contributed by atoms with Crippen LogP contribution in [0.5, 0.6) is 5.75 Å². The van der Waals surface area contributed by atoms with Crippen LogP contribution in [0, 0.1) is 5.41 Å². The lowest BCUT2D eigenvalue weighted by atomic mass is 10.0. The van der Waals surface area contributed by atoms with Gasteiger partial charge in [-0.1, -0.05) is 47.7 Å². The van der Waals surface area contributed by atoms with Crippen molar-refractivity contribution < 1.29 is 4.74 Å². The van der Waals surface area contributed by atoms with Crippen molar-refractivity contribution in [3.05, 3.63) is 107 Å². The third-order valence-electron chi connectivity index (χ3n) is 5.84. The number of nitrogens with two attached hydrogens (primary N) is 1. The van der Waals surface area contributed by atoms with Gasteiger partial charge in [0.25, 0.3) is 0 Å². The van der Waals surface area contributed by atoms with Crippen LogP contribution in [-0.2, 0) is 20.1 Å². The number of pyridine rings is 1. The Labute approximate surface area is 197 Å². The second kappa shape index (κ2) is 9.15. The fourth-order valence-electron chi connectivity index (χ4n) is 4.19. The molecule has 0 saturated heterocycles. The molecule has 0 unspecified atom stereocenters. The molecule has 0 saturated carbocycles. The number of para-hydroxylation sites is 1. The first-order chi connectivity index (χ1) is 16.6. The van der Waals surface area contributed by atoms with Crippen LogP contribution in [0.1, 0.15) is 22.4 Å². The first-order valence-corrected chi connectivity index (χ1v) is 10.9. The van der Waals surface area contributed by atoms with E-state index in [1.54, 1.807) is 0 Å². The summed E-state index contributed by atoms with van der Waals surface area (Å²) >= 11 is 0. The third-order valence-corrected chi connectivity index (χ3v) is 5.84. The van der Waals surface area contributed by atoms with Gasteiger partial charge in [-0.2, -0.15) is 0 Å². The van der Waals surface area contributed by atoms with E-state index in [0.29, 0.717) is 12.2 Å². The van der Waals surface area contributed by atoms with Gasteiger partial charge in [0.05, 0.1) is 16.7 Å². The summed E-state index contributed by atoms with van der Waals surface area (Å²) < 4.78 is 8.18. The van der Waals surface area contributed by atoms with Gasteiger partial charge in [-0.15, -0.1) is 5.11 Å². The third kappa shape index (κ3) is 4.36. The highest BCUT2D eigenvalue weighted by atomic mass is 16.5. The molecule has 3 aromatic carbocycles. The van der Waals surface area contributed by atoms with Gasteiger partial charge in [-0.25, -0.2) is 4.98 Å². The molecule has 7 nitrogen and oxygen atoms in total. The number of hydrogen-bond acceptors (Lipinski definition) is 4. The predicted molar refractivity (Wildman–Crippen MR) is 134 cm³/mol. The molecule has 168 valence electrons. The zero-order valence-corrected chi connectivity index (χ0v) is 18.8. The maximum Gasteiger partial charge on any atom is 0.176 e. The minimum absolute atomic E-state index is 0.0463. The van der Waals surface area contributed by atoms with Gasteiger partial charge in [-0.3, -0.25) is 5.41 Å². The fourth-order valence-corrected chi connectivity index (χ4v) is 4.19. The highest BCUT2D eigenvalue weighted by Crippen LogP contribution is 2.28. The highest BCUT2D eigenvalue weighted by Gasteiger charge is 2.10. The molecule has 34 heavy (non-hydrogen) atoms. The molecule has 0 aliphatic heterocycles. The van der Waals surface area contributed by atoms with E-state index in [4.69, 9.17) is 16.0 Å². The van der Waals surface area contributed by atoms with E-state index in [0.717, 1.165) is 39.8 Å². The number of benzene rings is 3. The van der Waals surface area contributed by atoms with E-state index >= 15 is 0 Å². The molecule has 0 amide bonds. The van der Waals surface area contributed by atoms with Crippen LogP contribution in [0.3, 0.4) is 0 Å². The zero-order valence-electron chi connectivity index (χ0n) is 18.8. The number of fused-ring (bicyclic) bond motifs is 2. The first kappa shape index (κ1) is 21.3. The standard InChI is InChI=1S/C27H24N6O/c1-33-16-21(14-18-5-4-7-20(13-18)27(28)31-32-29)24-12-11-23(15-26(24)33)34-17-22-10-9-19-6-2-3-8-25(19)30-22/h2-13,15-16H,14,17H2,1H3,(H3,28,29,31). The maximum atomic E-state index is 7.94. The lowest BCUT2D eigenvalue weighted by molar-refractivity contribution is 0.302. The van der Waals surface area contributed by atoms with E-state index in [1.807, 2.05) is 61.6 Å². The molecule has 0 atom stereocenters. The average Bonchev–Trinajstić information content (AvgIpc) is 3.17. The summed E-state index contributed by atoms with van der Waals surface area (Å²) in [7, 11) is 2.04.